The second-order valence-electron chi connectivity index (χ2n) is 2.51. The fourth-order valence-electron chi connectivity index (χ4n) is 0.943. The SMILES string of the molecule is Cc1ccccc1[As](Cl)(Cl)(Cl)Cl. The molecule has 0 saturated heterocycles. The monoisotopic (exact) mass is 306 g/mol. The van der Waals surface area contributed by atoms with E-state index < -0.39 is 8.69 Å². The third-order valence-corrected chi connectivity index (χ3v) is 7.85. The number of rotatable bonds is 1. The van der Waals surface area contributed by atoms with Gasteiger partial charge >= 0.3 is 89.6 Å². The molecule has 0 saturated carbocycles. The molecule has 0 bridgehead atoms. The van der Waals surface area contributed by atoms with Gasteiger partial charge in [0.15, 0.2) is 0 Å². The Hall–Kier alpha value is 0.938. The Morgan fingerprint density at radius 2 is 1.50 bits per heavy atom. The van der Waals surface area contributed by atoms with E-state index in [1.54, 1.807) is 6.07 Å². The van der Waals surface area contributed by atoms with E-state index in [2.05, 4.69) is 0 Å². The first-order valence-electron chi connectivity index (χ1n) is 3.23. The minimum absolute atomic E-state index is 0.669. The number of halogens is 4. The van der Waals surface area contributed by atoms with Crippen LogP contribution in [0.2, 0.25) is 0 Å². The van der Waals surface area contributed by atoms with E-state index in [9.17, 15) is 0 Å². The Balaban J connectivity index is 3.30. The zero-order chi connectivity index (χ0) is 9.43. The van der Waals surface area contributed by atoms with Gasteiger partial charge in [-0.2, -0.15) is 0 Å². The molecule has 0 unspecified atom stereocenters. The van der Waals surface area contributed by atoms with Gasteiger partial charge < -0.3 is 0 Å². The van der Waals surface area contributed by atoms with E-state index in [1.165, 1.54) is 0 Å². The van der Waals surface area contributed by atoms with Gasteiger partial charge in [-0.25, -0.2) is 0 Å². The summed E-state index contributed by atoms with van der Waals surface area (Å²) in [5.74, 6) is 0. The summed E-state index contributed by atoms with van der Waals surface area (Å²) in [5, 5.41) is 0. The predicted octanol–water partition coefficient (Wildman–Crippen LogP) is 3.55. The molecule has 0 spiro atoms. The van der Waals surface area contributed by atoms with Crippen LogP contribution in [0, 0.1) is 6.92 Å². The maximum atomic E-state index is 5.89. The number of hydrogen-bond donors (Lipinski definition) is 0. The molecule has 1 aromatic carbocycles. The minimum atomic E-state index is -4.18. The summed E-state index contributed by atoms with van der Waals surface area (Å²) >= 11 is 0. The summed E-state index contributed by atoms with van der Waals surface area (Å²) in [6.45, 7) is 1.88. The van der Waals surface area contributed by atoms with Gasteiger partial charge in [-0.05, 0) is 0 Å². The number of aryl methyl sites for hydroxylation is 1. The van der Waals surface area contributed by atoms with Crippen LogP contribution in [0.4, 0.5) is 0 Å². The molecule has 0 atom stereocenters. The molecular formula is C7H7AsCl4. The Morgan fingerprint density at radius 3 is 1.83 bits per heavy atom. The summed E-state index contributed by atoms with van der Waals surface area (Å²) in [4.78, 5) is 0. The van der Waals surface area contributed by atoms with E-state index in [-0.39, 0.29) is 0 Å². The van der Waals surface area contributed by atoms with Crippen molar-refractivity contribution in [1.82, 2.24) is 0 Å². The first-order chi connectivity index (χ1) is 5.27. The Kier molecular flexibility index (Phi) is 2.99. The van der Waals surface area contributed by atoms with Crippen LogP contribution >= 0.6 is 39.8 Å². The third kappa shape index (κ3) is 2.72. The van der Waals surface area contributed by atoms with Crippen LogP contribution < -0.4 is 4.35 Å². The zero-order valence-corrected chi connectivity index (χ0v) is 11.2. The molecule has 0 amide bonds. The van der Waals surface area contributed by atoms with Crippen molar-refractivity contribution in [3.8, 4) is 0 Å². The normalized spacial score (nSPS) is 15.2. The van der Waals surface area contributed by atoms with Crippen molar-refractivity contribution in [3.05, 3.63) is 29.8 Å². The number of hydrogen-bond acceptors (Lipinski definition) is 0. The van der Waals surface area contributed by atoms with Crippen molar-refractivity contribution in [1.29, 1.82) is 0 Å². The molecule has 1 rings (SSSR count). The van der Waals surface area contributed by atoms with Crippen molar-refractivity contribution in [2.45, 2.75) is 6.92 Å². The van der Waals surface area contributed by atoms with Crippen molar-refractivity contribution in [2.24, 2.45) is 0 Å². The molecule has 0 radical (unpaired) electrons. The van der Waals surface area contributed by atoms with Gasteiger partial charge in [0.1, 0.15) is 0 Å². The van der Waals surface area contributed by atoms with E-state index in [1.807, 2.05) is 25.1 Å². The molecule has 0 nitrogen and oxygen atoms in total. The van der Waals surface area contributed by atoms with Gasteiger partial charge in [-0.15, -0.1) is 0 Å². The van der Waals surface area contributed by atoms with Gasteiger partial charge in [0.05, 0.1) is 0 Å². The molecule has 68 valence electrons. The standard InChI is InChI=1S/C7H7AsCl4/c1-6-4-2-3-5-7(6)8(9,10,11)12/h2-5H,1H3. The summed E-state index contributed by atoms with van der Waals surface area (Å²) < 4.78 is 0.669. The van der Waals surface area contributed by atoms with Crippen molar-refractivity contribution in [3.63, 3.8) is 0 Å². The van der Waals surface area contributed by atoms with Gasteiger partial charge in [-0.3, -0.25) is 0 Å². The summed E-state index contributed by atoms with van der Waals surface area (Å²) in [5.41, 5.74) is 0.929. The van der Waals surface area contributed by atoms with Crippen molar-refractivity contribution >= 4 is 52.8 Å². The first-order valence-corrected chi connectivity index (χ1v) is 14.0. The summed E-state index contributed by atoms with van der Waals surface area (Å²) in [6.07, 6.45) is 0. The van der Waals surface area contributed by atoms with Crippen molar-refractivity contribution in [2.75, 3.05) is 0 Å². The predicted molar refractivity (Wildman–Crippen MR) is 60.0 cm³/mol. The Labute approximate surface area is 89.0 Å². The molecular weight excluding hydrogens is 301 g/mol. The van der Waals surface area contributed by atoms with Crippen LogP contribution in [-0.4, -0.2) is 8.69 Å². The summed E-state index contributed by atoms with van der Waals surface area (Å²) in [6, 6.07) is 7.35. The Morgan fingerprint density at radius 1 is 1.00 bits per heavy atom. The van der Waals surface area contributed by atoms with E-state index >= 15 is 0 Å². The van der Waals surface area contributed by atoms with Crippen LogP contribution in [-0.2, 0) is 0 Å². The molecule has 1 aromatic rings. The fourth-order valence-corrected chi connectivity index (χ4v) is 6.81. The average Bonchev–Trinajstić information content (AvgIpc) is 1.84. The second-order valence-corrected chi connectivity index (χ2v) is 26.0. The van der Waals surface area contributed by atoms with Gasteiger partial charge in [0, 0.05) is 0 Å². The zero-order valence-electron chi connectivity index (χ0n) is 6.27. The molecule has 5 heteroatoms. The quantitative estimate of drug-likeness (QED) is 0.696. The van der Waals surface area contributed by atoms with E-state index in [0.717, 1.165) is 5.56 Å². The molecule has 0 aliphatic carbocycles. The fraction of sp³-hybridized carbons (Fsp3) is 0.143. The molecule has 0 aliphatic rings. The molecule has 0 fully saturated rings. The molecule has 0 aromatic heterocycles. The molecule has 0 aliphatic heterocycles. The van der Waals surface area contributed by atoms with Gasteiger partial charge in [-0.1, -0.05) is 0 Å². The molecule has 12 heavy (non-hydrogen) atoms. The van der Waals surface area contributed by atoms with E-state index in [0.29, 0.717) is 4.35 Å². The van der Waals surface area contributed by atoms with E-state index in [4.69, 9.17) is 39.8 Å². The van der Waals surface area contributed by atoms with Crippen LogP contribution in [0.25, 0.3) is 0 Å². The van der Waals surface area contributed by atoms with Crippen LogP contribution in [0.3, 0.4) is 0 Å². The Bertz CT molecular complexity index is 293. The third-order valence-electron chi connectivity index (χ3n) is 1.48. The van der Waals surface area contributed by atoms with Crippen LogP contribution in [0.15, 0.2) is 24.3 Å². The first kappa shape index (κ1) is 11.0. The van der Waals surface area contributed by atoms with Crippen LogP contribution in [0.1, 0.15) is 5.56 Å². The molecule has 0 heterocycles. The van der Waals surface area contributed by atoms with Gasteiger partial charge in [0.2, 0.25) is 0 Å². The second kappa shape index (κ2) is 3.26. The maximum absolute atomic E-state index is 5.89. The average molecular weight is 308 g/mol. The van der Waals surface area contributed by atoms with Crippen molar-refractivity contribution < 1.29 is 0 Å². The molecule has 0 N–H and O–H groups in total. The van der Waals surface area contributed by atoms with Crippen LogP contribution in [0.5, 0.6) is 0 Å². The van der Waals surface area contributed by atoms with Gasteiger partial charge in [0.25, 0.3) is 0 Å². The number of benzene rings is 1. The summed E-state index contributed by atoms with van der Waals surface area (Å²) in [7, 11) is 19.4. The topological polar surface area (TPSA) is 0 Å².